The highest BCUT2D eigenvalue weighted by Gasteiger charge is 2.31. The average Bonchev–Trinajstić information content (AvgIpc) is 3.45. The van der Waals surface area contributed by atoms with Crippen molar-refractivity contribution >= 4 is 22.6 Å². The first-order chi connectivity index (χ1) is 15.2. The van der Waals surface area contributed by atoms with Crippen molar-refractivity contribution in [3.8, 4) is 0 Å². The van der Waals surface area contributed by atoms with Gasteiger partial charge in [-0.3, -0.25) is 9.69 Å². The van der Waals surface area contributed by atoms with Gasteiger partial charge in [0.05, 0.1) is 18.0 Å². The molecule has 1 fully saturated rings. The normalized spacial score (nSPS) is 15.8. The highest BCUT2D eigenvalue weighted by molar-refractivity contribution is 6.08. The van der Waals surface area contributed by atoms with Crippen molar-refractivity contribution in [2.24, 2.45) is 0 Å². The van der Waals surface area contributed by atoms with Crippen LogP contribution in [0.1, 0.15) is 52.7 Å². The van der Waals surface area contributed by atoms with Gasteiger partial charge in [0, 0.05) is 5.39 Å². The van der Waals surface area contributed by atoms with E-state index in [0.717, 1.165) is 42.7 Å². The van der Waals surface area contributed by atoms with Crippen LogP contribution in [0.3, 0.4) is 0 Å². The van der Waals surface area contributed by atoms with Crippen molar-refractivity contribution in [3.05, 3.63) is 89.6 Å². The van der Waals surface area contributed by atoms with Gasteiger partial charge in [0.15, 0.2) is 5.76 Å². The minimum absolute atomic E-state index is 0.0693. The third-order valence-electron chi connectivity index (χ3n) is 6.00. The summed E-state index contributed by atoms with van der Waals surface area (Å²) < 4.78 is 11.7. The zero-order chi connectivity index (χ0) is 21.2. The number of anilines is 1. The molecular weight excluding hydrogens is 388 g/mol. The number of carbonyl (C=O) groups is 1. The molecule has 5 rings (SSSR count). The number of furan rings is 2. The van der Waals surface area contributed by atoms with E-state index in [9.17, 15) is 4.79 Å². The highest BCUT2D eigenvalue weighted by atomic mass is 16.3. The number of rotatable bonds is 5. The van der Waals surface area contributed by atoms with Gasteiger partial charge in [0.2, 0.25) is 0 Å². The molecule has 0 spiro atoms. The molecule has 1 amide bonds. The molecule has 0 radical (unpaired) electrons. The topological polar surface area (TPSA) is 58.6 Å². The third kappa shape index (κ3) is 3.89. The van der Waals surface area contributed by atoms with Crippen molar-refractivity contribution in [2.75, 3.05) is 18.4 Å². The van der Waals surface area contributed by atoms with Crippen LogP contribution in [0, 0.1) is 6.92 Å². The molecule has 158 valence electrons. The van der Waals surface area contributed by atoms with Crippen molar-refractivity contribution < 1.29 is 13.6 Å². The number of benzene rings is 2. The summed E-state index contributed by atoms with van der Waals surface area (Å²) in [5, 5.41) is 3.98. The lowest BCUT2D eigenvalue weighted by molar-refractivity contribution is 0.0996. The number of hydrogen-bond acceptors (Lipinski definition) is 4. The van der Waals surface area contributed by atoms with Gasteiger partial charge < -0.3 is 14.2 Å². The van der Waals surface area contributed by atoms with Crippen LogP contribution in [0.15, 0.2) is 75.8 Å². The summed E-state index contributed by atoms with van der Waals surface area (Å²) >= 11 is 0. The van der Waals surface area contributed by atoms with Crippen LogP contribution >= 0.6 is 0 Å². The quantitative estimate of drug-likeness (QED) is 0.425. The zero-order valence-electron chi connectivity index (χ0n) is 17.6. The molecule has 2 aromatic heterocycles. The maximum atomic E-state index is 12.9. The molecule has 0 unspecified atom stereocenters. The lowest BCUT2D eigenvalue weighted by Gasteiger charge is -2.34. The summed E-state index contributed by atoms with van der Waals surface area (Å²) in [4.78, 5) is 15.4. The Kier molecular flexibility index (Phi) is 5.35. The number of nitrogens with zero attached hydrogens (tertiary/aromatic N) is 1. The molecule has 1 atom stereocenters. The average molecular weight is 415 g/mol. The predicted octanol–water partition coefficient (Wildman–Crippen LogP) is 6.16. The van der Waals surface area contributed by atoms with Crippen LogP contribution in [0.5, 0.6) is 0 Å². The minimum atomic E-state index is -0.279. The fourth-order valence-corrected chi connectivity index (χ4v) is 4.42. The van der Waals surface area contributed by atoms with Crippen molar-refractivity contribution in [3.63, 3.8) is 0 Å². The molecule has 1 saturated heterocycles. The maximum Gasteiger partial charge on any atom is 0.291 e. The molecule has 0 aliphatic carbocycles. The monoisotopic (exact) mass is 414 g/mol. The Morgan fingerprint density at radius 1 is 0.968 bits per heavy atom. The Morgan fingerprint density at radius 2 is 1.74 bits per heavy atom. The first kappa shape index (κ1) is 19.6. The number of likely N-dealkylation sites (tertiary alicyclic amines) is 1. The number of hydrogen-bond donors (Lipinski definition) is 1. The number of amides is 1. The van der Waals surface area contributed by atoms with Gasteiger partial charge in [0.1, 0.15) is 11.3 Å². The van der Waals surface area contributed by atoms with Crippen molar-refractivity contribution in [2.45, 2.75) is 32.2 Å². The van der Waals surface area contributed by atoms with E-state index < -0.39 is 0 Å². The summed E-state index contributed by atoms with van der Waals surface area (Å²) in [5.41, 5.74) is 3.87. The standard InChI is InChI=1S/C26H26N2O3/c1-18-11-13-19(14-12-18)24(28-15-5-2-6-16-28)25-23(20-8-3-4-9-21(20)31-25)27-26(29)22-10-7-17-30-22/h3-4,7-14,17,24H,2,5-6,15-16H2,1H3,(H,27,29)/t24-/m1/s1. The first-order valence-corrected chi connectivity index (χ1v) is 10.9. The first-order valence-electron chi connectivity index (χ1n) is 10.9. The second kappa shape index (κ2) is 8.44. The summed E-state index contributed by atoms with van der Waals surface area (Å²) in [6.45, 7) is 4.10. The Hall–Kier alpha value is -3.31. The van der Waals surface area contributed by atoms with Crippen LogP contribution in [0.25, 0.3) is 11.0 Å². The van der Waals surface area contributed by atoms with Crippen LogP contribution in [-0.2, 0) is 0 Å². The molecule has 4 aromatic rings. The Morgan fingerprint density at radius 3 is 2.48 bits per heavy atom. The second-order valence-electron chi connectivity index (χ2n) is 8.18. The number of aryl methyl sites for hydroxylation is 1. The van der Waals surface area contributed by atoms with Gasteiger partial charge in [-0.15, -0.1) is 0 Å². The number of nitrogens with one attached hydrogen (secondary N) is 1. The smallest absolute Gasteiger partial charge is 0.291 e. The molecule has 2 aromatic carbocycles. The van der Waals surface area contributed by atoms with E-state index >= 15 is 0 Å². The SMILES string of the molecule is Cc1ccc([C@H](c2oc3ccccc3c2NC(=O)c2ccco2)N2CCCCC2)cc1. The van der Waals surface area contributed by atoms with Gasteiger partial charge in [-0.25, -0.2) is 0 Å². The minimum Gasteiger partial charge on any atom is -0.459 e. The number of fused-ring (bicyclic) bond motifs is 1. The maximum absolute atomic E-state index is 12.9. The van der Waals surface area contributed by atoms with E-state index in [1.165, 1.54) is 23.8 Å². The van der Waals surface area contributed by atoms with Gasteiger partial charge in [-0.05, 0) is 62.7 Å². The van der Waals surface area contributed by atoms with Crippen LogP contribution < -0.4 is 5.32 Å². The van der Waals surface area contributed by atoms with E-state index in [1.807, 2.05) is 24.3 Å². The number of para-hydroxylation sites is 1. The summed E-state index contributed by atoms with van der Waals surface area (Å²) in [7, 11) is 0. The molecule has 3 heterocycles. The van der Waals surface area contributed by atoms with Crippen LogP contribution in [-0.4, -0.2) is 23.9 Å². The van der Waals surface area contributed by atoms with E-state index in [0.29, 0.717) is 5.69 Å². The summed E-state index contributed by atoms with van der Waals surface area (Å²) in [6.07, 6.45) is 5.08. The molecule has 5 nitrogen and oxygen atoms in total. The number of carbonyl (C=O) groups excluding carboxylic acids is 1. The lowest BCUT2D eigenvalue weighted by atomic mass is 9.97. The summed E-state index contributed by atoms with van der Waals surface area (Å²) in [6, 6.07) is 19.8. The number of piperidine rings is 1. The van der Waals surface area contributed by atoms with Crippen molar-refractivity contribution in [1.82, 2.24) is 4.90 Å². The zero-order valence-corrected chi connectivity index (χ0v) is 17.6. The van der Waals surface area contributed by atoms with E-state index in [2.05, 4.69) is 41.4 Å². The molecular formula is C26H26N2O3. The predicted molar refractivity (Wildman–Crippen MR) is 121 cm³/mol. The molecule has 0 saturated carbocycles. The molecule has 1 aliphatic rings. The fraction of sp³-hybridized carbons (Fsp3) is 0.269. The second-order valence-corrected chi connectivity index (χ2v) is 8.18. The Bertz CT molecular complexity index is 1170. The molecule has 1 aliphatic heterocycles. The highest BCUT2D eigenvalue weighted by Crippen LogP contribution is 2.41. The fourth-order valence-electron chi connectivity index (χ4n) is 4.42. The van der Waals surface area contributed by atoms with E-state index in [4.69, 9.17) is 8.83 Å². The third-order valence-corrected chi connectivity index (χ3v) is 6.00. The Labute approximate surface area is 181 Å². The molecule has 1 N–H and O–H groups in total. The largest absolute Gasteiger partial charge is 0.459 e. The van der Waals surface area contributed by atoms with Gasteiger partial charge >= 0.3 is 0 Å². The van der Waals surface area contributed by atoms with E-state index in [-0.39, 0.29) is 17.7 Å². The lowest BCUT2D eigenvalue weighted by Crippen LogP contribution is -2.34. The van der Waals surface area contributed by atoms with Gasteiger partial charge in [-0.1, -0.05) is 48.4 Å². The Balaban J connectivity index is 1.64. The molecule has 0 bridgehead atoms. The van der Waals surface area contributed by atoms with Gasteiger partial charge in [0.25, 0.3) is 5.91 Å². The summed E-state index contributed by atoms with van der Waals surface area (Å²) in [5.74, 6) is 0.770. The molecule has 5 heteroatoms. The molecule has 31 heavy (non-hydrogen) atoms. The van der Waals surface area contributed by atoms with Crippen LogP contribution in [0.4, 0.5) is 5.69 Å². The van der Waals surface area contributed by atoms with Crippen LogP contribution in [0.2, 0.25) is 0 Å². The van der Waals surface area contributed by atoms with Gasteiger partial charge in [-0.2, -0.15) is 0 Å². The van der Waals surface area contributed by atoms with Crippen molar-refractivity contribution in [1.29, 1.82) is 0 Å². The van der Waals surface area contributed by atoms with E-state index in [1.54, 1.807) is 12.1 Å².